The number of fused-ring (bicyclic) bond motifs is 2. The van der Waals surface area contributed by atoms with E-state index < -0.39 is 0 Å². The van der Waals surface area contributed by atoms with Gasteiger partial charge in [-0.2, -0.15) is 0 Å². The van der Waals surface area contributed by atoms with E-state index in [1.54, 1.807) is 17.0 Å². The molecular weight excluding hydrogens is 463 g/mol. The van der Waals surface area contributed by atoms with Crippen molar-refractivity contribution in [1.82, 2.24) is 14.9 Å². The minimum Gasteiger partial charge on any atom is -0.474 e. The summed E-state index contributed by atoms with van der Waals surface area (Å²) in [4.78, 5) is 23.1. The molecule has 1 saturated carbocycles. The average molecular weight is 499 g/mol. The minimum absolute atomic E-state index is 0.110. The Hall–Kier alpha value is -2.94. The van der Waals surface area contributed by atoms with E-state index in [0.717, 1.165) is 12.0 Å². The molecule has 2 aromatic rings. The van der Waals surface area contributed by atoms with Gasteiger partial charge in [-0.3, -0.25) is 4.90 Å². The van der Waals surface area contributed by atoms with Crippen LogP contribution in [0.2, 0.25) is 0 Å². The van der Waals surface area contributed by atoms with Crippen LogP contribution < -0.4 is 10.1 Å². The summed E-state index contributed by atoms with van der Waals surface area (Å²) in [6.07, 6.45) is 6.74. The molecule has 194 valence electrons. The summed E-state index contributed by atoms with van der Waals surface area (Å²) in [6, 6.07) is 5.16. The SMILES string of the molecule is Cc1c(Nc2ccc(CC3CCC3)cc2F)ncnc1OC1CC2COCC(C1)N2C(=O)OC(C)C. The Balaban J connectivity index is 1.25. The summed E-state index contributed by atoms with van der Waals surface area (Å²) >= 11 is 0. The number of carbonyl (C=O) groups is 1. The van der Waals surface area contributed by atoms with Crippen molar-refractivity contribution in [1.29, 1.82) is 0 Å². The summed E-state index contributed by atoms with van der Waals surface area (Å²) < 4.78 is 32.3. The van der Waals surface area contributed by atoms with Crippen LogP contribution in [0.5, 0.6) is 5.88 Å². The van der Waals surface area contributed by atoms with E-state index in [0.29, 0.717) is 54.9 Å². The van der Waals surface area contributed by atoms with Crippen molar-refractivity contribution < 1.29 is 23.4 Å². The van der Waals surface area contributed by atoms with Crippen LogP contribution in [0.1, 0.15) is 57.1 Å². The van der Waals surface area contributed by atoms with E-state index in [9.17, 15) is 9.18 Å². The van der Waals surface area contributed by atoms with Gasteiger partial charge in [0.15, 0.2) is 0 Å². The Morgan fingerprint density at radius 2 is 1.97 bits per heavy atom. The van der Waals surface area contributed by atoms with Crippen LogP contribution in [0.3, 0.4) is 0 Å². The molecule has 2 atom stereocenters. The fourth-order valence-corrected chi connectivity index (χ4v) is 5.30. The molecule has 2 bridgehead atoms. The van der Waals surface area contributed by atoms with Gasteiger partial charge in [0.2, 0.25) is 5.88 Å². The first-order valence-corrected chi connectivity index (χ1v) is 13.0. The van der Waals surface area contributed by atoms with Crippen molar-refractivity contribution in [3.05, 3.63) is 41.5 Å². The molecule has 1 aliphatic carbocycles. The highest BCUT2D eigenvalue weighted by Gasteiger charge is 2.43. The van der Waals surface area contributed by atoms with Crippen LogP contribution in [-0.4, -0.2) is 58.5 Å². The van der Waals surface area contributed by atoms with Gasteiger partial charge < -0.3 is 19.5 Å². The molecule has 1 aromatic carbocycles. The highest BCUT2D eigenvalue weighted by molar-refractivity contribution is 5.69. The third-order valence-electron chi connectivity index (χ3n) is 7.38. The summed E-state index contributed by atoms with van der Waals surface area (Å²) in [5, 5.41) is 3.11. The predicted molar refractivity (Wildman–Crippen MR) is 133 cm³/mol. The van der Waals surface area contributed by atoms with Crippen molar-refractivity contribution in [2.45, 2.75) is 83.6 Å². The molecule has 2 unspecified atom stereocenters. The number of nitrogens with one attached hydrogen (secondary N) is 1. The zero-order chi connectivity index (χ0) is 25.2. The lowest BCUT2D eigenvalue weighted by Crippen LogP contribution is -2.61. The number of anilines is 2. The third-order valence-corrected chi connectivity index (χ3v) is 7.38. The zero-order valence-corrected chi connectivity index (χ0v) is 21.2. The predicted octanol–water partition coefficient (Wildman–Crippen LogP) is 5.17. The Kier molecular flexibility index (Phi) is 7.27. The molecule has 8 nitrogen and oxygen atoms in total. The molecule has 3 heterocycles. The highest BCUT2D eigenvalue weighted by Crippen LogP contribution is 2.34. The standard InChI is InChI=1S/C27H35FN4O4/c1-16(2)35-27(33)32-20-11-22(12-21(32)14-34-13-20)36-26-17(3)25(29-15-30-26)31-24-8-7-19(10-23(24)28)9-18-5-4-6-18/h7-8,10,15-16,18,20-22H,4-6,9,11-14H2,1-3H3,(H,29,30,31). The van der Waals surface area contributed by atoms with Crippen LogP contribution >= 0.6 is 0 Å². The number of halogens is 1. The summed E-state index contributed by atoms with van der Waals surface area (Å²) in [5.41, 5.74) is 2.12. The number of ether oxygens (including phenoxy) is 3. The van der Waals surface area contributed by atoms with Gasteiger partial charge in [-0.05, 0) is 50.8 Å². The van der Waals surface area contributed by atoms with Crippen molar-refractivity contribution >= 4 is 17.6 Å². The monoisotopic (exact) mass is 498 g/mol. The van der Waals surface area contributed by atoms with Crippen molar-refractivity contribution in [3.8, 4) is 5.88 Å². The van der Waals surface area contributed by atoms with E-state index in [1.165, 1.54) is 25.6 Å². The van der Waals surface area contributed by atoms with Crippen LogP contribution in [-0.2, 0) is 15.9 Å². The van der Waals surface area contributed by atoms with Crippen LogP contribution in [0, 0.1) is 18.7 Å². The number of nitrogens with zero attached hydrogens (tertiary/aromatic N) is 3. The number of benzene rings is 1. The van der Waals surface area contributed by atoms with Crippen molar-refractivity contribution in [2.24, 2.45) is 5.92 Å². The molecule has 1 aromatic heterocycles. The summed E-state index contributed by atoms with van der Waals surface area (Å²) in [7, 11) is 0. The number of hydrogen-bond acceptors (Lipinski definition) is 7. The van der Waals surface area contributed by atoms with Crippen LogP contribution in [0.25, 0.3) is 0 Å². The molecule has 5 rings (SSSR count). The molecule has 3 aliphatic rings. The first-order valence-electron chi connectivity index (χ1n) is 13.0. The molecular formula is C27H35FN4O4. The topological polar surface area (TPSA) is 85.8 Å². The summed E-state index contributed by atoms with van der Waals surface area (Å²) in [5.74, 6) is 1.36. The molecule has 2 aliphatic heterocycles. The van der Waals surface area contributed by atoms with E-state index in [2.05, 4.69) is 15.3 Å². The maximum absolute atomic E-state index is 14.8. The molecule has 36 heavy (non-hydrogen) atoms. The molecule has 1 amide bonds. The third kappa shape index (κ3) is 5.40. The van der Waals surface area contributed by atoms with Gasteiger partial charge in [0.25, 0.3) is 0 Å². The fraction of sp³-hybridized carbons (Fsp3) is 0.593. The second-order valence-electron chi connectivity index (χ2n) is 10.5. The van der Waals surface area contributed by atoms with E-state index in [4.69, 9.17) is 14.2 Å². The maximum atomic E-state index is 14.8. The normalized spacial score (nSPS) is 23.8. The molecule has 3 fully saturated rings. The number of rotatable bonds is 7. The number of aromatic nitrogens is 2. The number of carbonyl (C=O) groups excluding carboxylic acids is 1. The molecule has 1 N–H and O–H groups in total. The first kappa shape index (κ1) is 24.7. The fourth-order valence-electron chi connectivity index (χ4n) is 5.30. The van der Waals surface area contributed by atoms with Gasteiger partial charge in [0.05, 0.1) is 42.7 Å². The lowest BCUT2D eigenvalue weighted by atomic mass is 9.81. The maximum Gasteiger partial charge on any atom is 0.410 e. The molecule has 0 radical (unpaired) electrons. The van der Waals surface area contributed by atoms with Gasteiger partial charge in [-0.15, -0.1) is 0 Å². The number of amides is 1. The first-order chi connectivity index (χ1) is 17.4. The average Bonchev–Trinajstić information content (AvgIpc) is 2.79. The van der Waals surface area contributed by atoms with E-state index in [-0.39, 0.29) is 36.2 Å². The number of piperidine rings is 1. The largest absolute Gasteiger partial charge is 0.474 e. The summed E-state index contributed by atoms with van der Waals surface area (Å²) in [6.45, 7) is 6.46. The smallest absolute Gasteiger partial charge is 0.410 e. The van der Waals surface area contributed by atoms with Crippen molar-refractivity contribution in [2.75, 3.05) is 18.5 Å². The zero-order valence-electron chi connectivity index (χ0n) is 21.2. The second kappa shape index (κ2) is 10.6. The molecule has 2 saturated heterocycles. The quantitative estimate of drug-likeness (QED) is 0.564. The van der Waals surface area contributed by atoms with Gasteiger partial charge in [-0.1, -0.05) is 25.3 Å². The number of morpholine rings is 1. The highest BCUT2D eigenvalue weighted by atomic mass is 19.1. The number of hydrogen-bond donors (Lipinski definition) is 1. The van der Waals surface area contributed by atoms with Gasteiger partial charge in [0.1, 0.15) is 24.1 Å². The lowest BCUT2D eigenvalue weighted by Gasteiger charge is -2.47. The Bertz CT molecular complexity index is 1080. The molecule has 9 heteroatoms. The lowest BCUT2D eigenvalue weighted by molar-refractivity contribution is -0.0934. The van der Waals surface area contributed by atoms with Gasteiger partial charge in [-0.25, -0.2) is 19.2 Å². The van der Waals surface area contributed by atoms with Gasteiger partial charge >= 0.3 is 6.09 Å². The van der Waals surface area contributed by atoms with Crippen molar-refractivity contribution in [3.63, 3.8) is 0 Å². The Morgan fingerprint density at radius 3 is 2.61 bits per heavy atom. The van der Waals surface area contributed by atoms with Gasteiger partial charge in [0, 0.05) is 12.8 Å². The Labute approximate surface area is 211 Å². The minimum atomic E-state index is -0.299. The van der Waals surface area contributed by atoms with Crippen LogP contribution in [0.15, 0.2) is 24.5 Å². The van der Waals surface area contributed by atoms with E-state index in [1.807, 2.05) is 26.8 Å². The molecule has 0 spiro atoms. The second-order valence-corrected chi connectivity index (χ2v) is 10.5. The van der Waals surface area contributed by atoms with Crippen LogP contribution in [0.4, 0.5) is 20.7 Å². The van der Waals surface area contributed by atoms with E-state index >= 15 is 0 Å². The Morgan fingerprint density at radius 1 is 1.22 bits per heavy atom.